The van der Waals surface area contributed by atoms with Gasteiger partial charge in [0, 0.05) is 36.1 Å². The summed E-state index contributed by atoms with van der Waals surface area (Å²) in [5.74, 6) is -0.161. The van der Waals surface area contributed by atoms with E-state index < -0.39 is 17.2 Å². The fourth-order valence-electron chi connectivity index (χ4n) is 4.45. The van der Waals surface area contributed by atoms with Gasteiger partial charge in [-0.25, -0.2) is 4.39 Å². The zero-order chi connectivity index (χ0) is 25.6. The number of aromatic amines is 1. The number of halogens is 1. The third-order valence-electron chi connectivity index (χ3n) is 6.37. The molecule has 0 atom stereocenters. The SMILES string of the molecule is O=C(/C=C/c1ccc(OCCN2CCOCC2)cc1)c1c(-c2ccccc2)c2cc(F)ccc2[nH]c1=O. The van der Waals surface area contributed by atoms with Gasteiger partial charge in [-0.3, -0.25) is 14.5 Å². The predicted octanol–water partition coefficient (Wildman–Crippen LogP) is 4.94. The molecule has 6 nitrogen and oxygen atoms in total. The van der Waals surface area contributed by atoms with Crippen molar-refractivity contribution in [1.29, 1.82) is 0 Å². The Morgan fingerprint density at radius 2 is 1.78 bits per heavy atom. The van der Waals surface area contributed by atoms with Crippen molar-refractivity contribution in [3.63, 3.8) is 0 Å². The van der Waals surface area contributed by atoms with Crippen LogP contribution in [0.5, 0.6) is 5.75 Å². The molecule has 1 aliphatic heterocycles. The van der Waals surface area contributed by atoms with Gasteiger partial charge in [0.15, 0.2) is 5.78 Å². The molecule has 1 N–H and O–H groups in total. The number of allylic oxidation sites excluding steroid dienone is 1. The van der Waals surface area contributed by atoms with Crippen molar-refractivity contribution in [3.05, 3.63) is 106 Å². The maximum atomic E-state index is 14.1. The van der Waals surface area contributed by atoms with Crippen LogP contribution in [-0.2, 0) is 4.74 Å². The fourth-order valence-corrected chi connectivity index (χ4v) is 4.45. The van der Waals surface area contributed by atoms with Crippen LogP contribution in [0.3, 0.4) is 0 Å². The molecule has 1 aliphatic rings. The summed E-state index contributed by atoms with van der Waals surface area (Å²) in [6.07, 6.45) is 3.03. The molecule has 1 saturated heterocycles. The summed E-state index contributed by atoms with van der Waals surface area (Å²) in [4.78, 5) is 31.3. The van der Waals surface area contributed by atoms with E-state index in [2.05, 4.69) is 9.88 Å². The van der Waals surface area contributed by atoms with Crippen molar-refractivity contribution in [2.24, 2.45) is 0 Å². The van der Waals surface area contributed by atoms with E-state index in [-0.39, 0.29) is 5.56 Å². The average molecular weight is 499 g/mol. The number of ether oxygens (including phenoxy) is 2. The monoisotopic (exact) mass is 498 g/mol. The highest BCUT2D eigenvalue weighted by atomic mass is 19.1. The number of pyridine rings is 1. The first kappa shape index (κ1) is 24.6. The first-order valence-corrected chi connectivity index (χ1v) is 12.2. The summed E-state index contributed by atoms with van der Waals surface area (Å²) in [5, 5.41) is 0.473. The number of carbonyl (C=O) groups excluding carboxylic acids is 1. The van der Waals surface area contributed by atoms with Gasteiger partial charge >= 0.3 is 0 Å². The third-order valence-corrected chi connectivity index (χ3v) is 6.37. The summed E-state index contributed by atoms with van der Waals surface area (Å²) in [6.45, 7) is 4.78. The van der Waals surface area contributed by atoms with Crippen LogP contribution in [0.15, 0.2) is 83.7 Å². The minimum absolute atomic E-state index is 0.0244. The van der Waals surface area contributed by atoms with Crippen LogP contribution in [0, 0.1) is 5.82 Å². The second-order valence-corrected chi connectivity index (χ2v) is 8.83. The van der Waals surface area contributed by atoms with Gasteiger partial charge in [0.25, 0.3) is 5.56 Å². The number of carbonyl (C=O) groups is 1. The molecule has 0 saturated carbocycles. The molecule has 0 amide bonds. The summed E-state index contributed by atoms with van der Waals surface area (Å²) < 4.78 is 25.3. The number of ketones is 1. The molecule has 2 heterocycles. The number of H-pyrrole nitrogens is 1. The van der Waals surface area contributed by atoms with Crippen molar-refractivity contribution >= 4 is 22.8 Å². The smallest absolute Gasteiger partial charge is 0.260 e. The van der Waals surface area contributed by atoms with Crippen LogP contribution in [0.25, 0.3) is 28.1 Å². The highest BCUT2D eigenvalue weighted by molar-refractivity contribution is 6.15. The predicted molar refractivity (Wildman–Crippen MR) is 143 cm³/mol. The Bertz CT molecular complexity index is 1470. The molecule has 5 rings (SSSR count). The van der Waals surface area contributed by atoms with Gasteiger partial charge < -0.3 is 14.5 Å². The molecule has 0 bridgehead atoms. The number of rotatable bonds is 8. The summed E-state index contributed by atoms with van der Waals surface area (Å²) in [7, 11) is 0. The summed E-state index contributed by atoms with van der Waals surface area (Å²) in [5.41, 5.74) is 1.80. The quantitative estimate of drug-likeness (QED) is 0.275. The topological polar surface area (TPSA) is 71.6 Å². The number of nitrogens with zero attached hydrogens (tertiary/aromatic N) is 1. The van der Waals surface area contributed by atoms with E-state index >= 15 is 0 Å². The van der Waals surface area contributed by atoms with Crippen molar-refractivity contribution < 1.29 is 18.7 Å². The van der Waals surface area contributed by atoms with Crippen molar-refractivity contribution in [2.75, 3.05) is 39.5 Å². The van der Waals surface area contributed by atoms with E-state index in [1.165, 1.54) is 24.3 Å². The van der Waals surface area contributed by atoms with Crippen molar-refractivity contribution in [3.8, 4) is 16.9 Å². The first-order chi connectivity index (χ1) is 18.1. The lowest BCUT2D eigenvalue weighted by Gasteiger charge is -2.26. The number of morpholine rings is 1. The van der Waals surface area contributed by atoms with Gasteiger partial charge in [0.2, 0.25) is 0 Å². The van der Waals surface area contributed by atoms with Gasteiger partial charge in [0.1, 0.15) is 18.2 Å². The maximum absolute atomic E-state index is 14.1. The molecule has 0 unspecified atom stereocenters. The standard InChI is InChI=1S/C30H27FN2O4/c31-23-9-12-26-25(20-23)28(22-4-2-1-3-5-22)29(30(35)32-26)27(34)13-8-21-6-10-24(11-7-21)37-19-16-33-14-17-36-18-15-33/h1-13,20H,14-19H2,(H,32,35)/b13-8+. The molecular weight excluding hydrogens is 471 g/mol. The van der Waals surface area contributed by atoms with E-state index in [1.54, 1.807) is 18.2 Å². The number of fused-ring (bicyclic) bond motifs is 1. The lowest BCUT2D eigenvalue weighted by molar-refractivity contribution is 0.0322. The highest BCUT2D eigenvalue weighted by Crippen LogP contribution is 2.30. The molecule has 1 aromatic heterocycles. The summed E-state index contributed by atoms with van der Waals surface area (Å²) >= 11 is 0. The van der Waals surface area contributed by atoms with Crippen molar-refractivity contribution in [1.82, 2.24) is 9.88 Å². The number of hydrogen-bond acceptors (Lipinski definition) is 5. The zero-order valence-corrected chi connectivity index (χ0v) is 20.3. The molecule has 1 fully saturated rings. The van der Waals surface area contributed by atoms with E-state index in [0.29, 0.717) is 28.6 Å². The van der Waals surface area contributed by atoms with Crippen LogP contribution in [0.4, 0.5) is 4.39 Å². The van der Waals surface area contributed by atoms with Crippen LogP contribution in [0.1, 0.15) is 15.9 Å². The first-order valence-electron chi connectivity index (χ1n) is 12.2. The Kier molecular flexibility index (Phi) is 7.54. The van der Waals surface area contributed by atoms with Crippen LogP contribution >= 0.6 is 0 Å². The minimum Gasteiger partial charge on any atom is -0.492 e. The van der Waals surface area contributed by atoms with E-state index in [0.717, 1.165) is 44.2 Å². The lowest BCUT2D eigenvalue weighted by atomic mass is 9.93. The number of benzene rings is 3. The maximum Gasteiger partial charge on any atom is 0.260 e. The van der Waals surface area contributed by atoms with Gasteiger partial charge in [0.05, 0.1) is 18.8 Å². The third kappa shape index (κ3) is 5.85. The number of nitrogens with one attached hydrogen (secondary N) is 1. The highest BCUT2D eigenvalue weighted by Gasteiger charge is 2.19. The van der Waals surface area contributed by atoms with Crippen LogP contribution in [-0.4, -0.2) is 55.1 Å². The van der Waals surface area contributed by atoms with Gasteiger partial charge in [-0.05, 0) is 47.5 Å². The normalized spacial score (nSPS) is 14.3. The van der Waals surface area contributed by atoms with Gasteiger partial charge in [-0.15, -0.1) is 0 Å². The summed E-state index contributed by atoms with van der Waals surface area (Å²) in [6, 6.07) is 20.6. The Hall–Kier alpha value is -4.07. The Balaban J connectivity index is 1.36. The van der Waals surface area contributed by atoms with Gasteiger partial charge in [-0.2, -0.15) is 0 Å². The Labute approximate surface area is 214 Å². The molecule has 3 aromatic carbocycles. The second-order valence-electron chi connectivity index (χ2n) is 8.83. The van der Waals surface area contributed by atoms with Gasteiger partial charge in [-0.1, -0.05) is 48.5 Å². The molecule has 0 spiro atoms. The zero-order valence-electron chi connectivity index (χ0n) is 20.3. The molecule has 7 heteroatoms. The van der Waals surface area contributed by atoms with E-state index in [4.69, 9.17) is 9.47 Å². The lowest BCUT2D eigenvalue weighted by Crippen LogP contribution is -2.38. The second kappa shape index (κ2) is 11.3. The molecule has 0 aliphatic carbocycles. The Morgan fingerprint density at radius 3 is 2.54 bits per heavy atom. The fraction of sp³-hybridized carbons (Fsp3) is 0.200. The minimum atomic E-state index is -0.517. The number of aromatic nitrogens is 1. The molecule has 4 aromatic rings. The molecule has 188 valence electrons. The van der Waals surface area contributed by atoms with E-state index in [9.17, 15) is 14.0 Å². The van der Waals surface area contributed by atoms with Crippen molar-refractivity contribution in [2.45, 2.75) is 0 Å². The van der Waals surface area contributed by atoms with Crippen LogP contribution < -0.4 is 10.3 Å². The number of hydrogen-bond donors (Lipinski definition) is 1. The van der Waals surface area contributed by atoms with Crippen LogP contribution in [0.2, 0.25) is 0 Å². The Morgan fingerprint density at radius 1 is 1.03 bits per heavy atom. The molecule has 0 radical (unpaired) electrons. The van der Waals surface area contributed by atoms with E-state index in [1.807, 2.05) is 42.5 Å². The average Bonchev–Trinajstić information content (AvgIpc) is 2.93. The molecular formula is C30H27FN2O4. The molecule has 37 heavy (non-hydrogen) atoms. The largest absolute Gasteiger partial charge is 0.492 e.